The number of rotatable bonds is 12. The number of esters is 1. The van der Waals surface area contributed by atoms with Gasteiger partial charge in [0, 0.05) is 28.8 Å². The number of hydrogen-bond acceptors (Lipinski definition) is 7. The Morgan fingerprint density at radius 3 is 1.55 bits per heavy atom. The molecule has 0 spiro atoms. The maximum absolute atomic E-state index is 14.1. The van der Waals surface area contributed by atoms with Crippen molar-refractivity contribution in [3.63, 3.8) is 0 Å². The van der Waals surface area contributed by atoms with Gasteiger partial charge in [0.1, 0.15) is 6.61 Å². The Balaban J connectivity index is 1.31. The number of carbonyl (C=O) groups excluding carboxylic acids is 1. The van der Waals surface area contributed by atoms with Gasteiger partial charge in [-0.25, -0.2) is 14.4 Å². The quantitative estimate of drug-likeness (QED) is 0.132. The molecule has 0 aliphatic carbocycles. The number of aliphatic hydroxyl groups excluding tert-OH is 1. The summed E-state index contributed by atoms with van der Waals surface area (Å²) in [6.45, 7) is -0.122. The Morgan fingerprint density at radius 2 is 1.02 bits per heavy atom. The van der Waals surface area contributed by atoms with Gasteiger partial charge in [0.2, 0.25) is 0 Å². The Bertz CT molecular complexity index is 2330. The van der Waals surface area contributed by atoms with Crippen LogP contribution in [0.5, 0.6) is 0 Å². The molecule has 0 bridgehead atoms. The number of aliphatic hydroxyl groups is 1. The van der Waals surface area contributed by atoms with Crippen LogP contribution in [0, 0.1) is 0 Å². The molecular formula is C42H34N2O7. The van der Waals surface area contributed by atoms with Gasteiger partial charge >= 0.3 is 17.5 Å². The van der Waals surface area contributed by atoms with E-state index in [2.05, 4.69) is 0 Å². The smallest absolute Gasteiger partial charge is 0.420 e. The molecule has 0 saturated carbocycles. The first-order valence-corrected chi connectivity index (χ1v) is 16.6. The molecule has 2 atom stereocenters. The van der Waals surface area contributed by atoms with E-state index in [4.69, 9.17) is 13.6 Å². The van der Waals surface area contributed by atoms with E-state index in [-0.39, 0.29) is 25.3 Å². The van der Waals surface area contributed by atoms with Crippen molar-refractivity contribution in [1.29, 1.82) is 0 Å². The molecule has 7 rings (SSSR count). The minimum Gasteiger partial charge on any atom is -0.459 e. The van der Waals surface area contributed by atoms with Gasteiger partial charge in [0.15, 0.2) is 17.6 Å². The summed E-state index contributed by atoms with van der Waals surface area (Å²) in [5, 5.41) is 12.0. The van der Waals surface area contributed by atoms with Crippen molar-refractivity contribution in [3.05, 3.63) is 178 Å². The van der Waals surface area contributed by atoms with Crippen molar-refractivity contribution in [2.24, 2.45) is 0 Å². The second kappa shape index (κ2) is 15.0. The lowest BCUT2D eigenvalue weighted by molar-refractivity contribution is -0.153. The molecule has 0 radical (unpaired) electrons. The maximum Gasteiger partial charge on any atom is 0.420 e. The average Bonchev–Trinajstić information content (AvgIpc) is 3.70. The van der Waals surface area contributed by atoms with Gasteiger partial charge < -0.3 is 18.7 Å². The lowest BCUT2D eigenvalue weighted by Crippen LogP contribution is -2.38. The molecule has 254 valence electrons. The predicted molar refractivity (Wildman–Crippen MR) is 194 cm³/mol. The summed E-state index contributed by atoms with van der Waals surface area (Å²) in [4.78, 5) is 41.5. The molecule has 51 heavy (non-hydrogen) atoms. The first-order chi connectivity index (χ1) is 25.0. The normalized spacial score (nSPS) is 12.3. The molecule has 2 unspecified atom stereocenters. The zero-order valence-electron chi connectivity index (χ0n) is 27.5. The fourth-order valence-corrected chi connectivity index (χ4v) is 6.23. The zero-order valence-corrected chi connectivity index (χ0v) is 27.5. The minimum absolute atomic E-state index is 0.0398. The largest absolute Gasteiger partial charge is 0.459 e. The van der Waals surface area contributed by atoms with Gasteiger partial charge in [0.25, 0.3) is 0 Å². The third-order valence-electron chi connectivity index (χ3n) is 8.66. The third kappa shape index (κ3) is 7.01. The molecule has 0 saturated heterocycles. The molecule has 0 aliphatic rings. The molecule has 9 heteroatoms. The van der Waals surface area contributed by atoms with E-state index in [1.807, 2.05) is 127 Å². The van der Waals surface area contributed by atoms with Crippen LogP contribution in [0.4, 0.5) is 0 Å². The summed E-state index contributed by atoms with van der Waals surface area (Å²) >= 11 is 0. The summed E-state index contributed by atoms with van der Waals surface area (Å²) in [5.74, 6) is -1.68. The number of oxazole rings is 2. The van der Waals surface area contributed by atoms with E-state index < -0.39 is 29.6 Å². The van der Waals surface area contributed by atoms with Gasteiger partial charge in [-0.2, -0.15) is 0 Å². The number of aromatic nitrogens is 2. The van der Waals surface area contributed by atoms with E-state index in [0.29, 0.717) is 33.8 Å². The van der Waals surface area contributed by atoms with Gasteiger partial charge in [0.05, 0.1) is 17.5 Å². The molecule has 9 nitrogen and oxygen atoms in total. The van der Waals surface area contributed by atoms with E-state index in [0.717, 1.165) is 11.1 Å². The molecule has 2 aromatic heterocycles. The highest BCUT2D eigenvalue weighted by molar-refractivity contribution is 5.81. The van der Waals surface area contributed by atoms with Gasteiger partial charge in [-0.1, -0.05) is 152 Å². The number of benzene rings is 5. The summed E-state index contributed by atoms with van der Waals surface area (Å²) in [7, 11) is 0. The van der Waals surface area contributed by atoms with Crippen molar-refractivity contribution in [2.45, 2.75) is 31.7 Å². The van der Waals surface area contributed by atoms with Crippen LogP contribution >= 0.6 is 0 Å². The first-order valence-electron chi connectivity index (χ1n) is 16.6. The Kier molecular flexibility index (Phi) is 9.71. The van der Waals surface area contributed by atoms with Crippen molar-refractivity contribution in [3.8, 4) is 45.2 Å². The van der Waals surface area contributed by atoms with Crippen molar-refractivity contribution in [1.82, 2.24) is 9.13 Å². The fourth-order valence-electron chi connectivity index (χ4n) is 6.23. The molecular weight excluding hydrogens is 644 g/mol. The minimum atomic E-state index is -1.53. The predicted octanol–water partition coefficient (Wildman–Crippen LogP) is 7.60. The fraction of sp³-hybridized carbons (Fsp3) is 0.119. The monoisotopic (exact) mass is 678 g/mol. The number of ether oxygens (including phenoxy) is 1. The highest BCUT2D eigenvalue weighted by atomic mass is 16.5. The molecule has 7 aromatic rings. The number of carbonyl (C=O) groups is 1. The van der Waals surface area contributed by atoms with Crippen LogP contribution in [0.25, 0.3) is 45.2 Å². The third-order valence-corrected chi connectivity index (χ3v) is 8.66. The summed E-state index contributed by atoms with van der Waals surface area (Å²) in [6.07, 6.45) is -1.62. The zero-order chi connectivity index (χ0) is 35.2. The lowest BCUT2D eigenvalue weighted by atomic mass is 10.0. The summed E-state index contributed by atoms with van der Waals surface area (Å²) < 4.78 is 20.1. The standard InChI is InChI=1S/C42H34N2O7/c45-34(26-27-43-35(30-18-8-2-9-19-30)38(50-41(43)47)32-22-12-4-13-23-32)37(40(46)49-28-29-16-6-1-7-17-29)44-36(31-20-10-3-11-21-31)39(51-42(44)48)33-24-14-5-15-25-33/h1-25,34,37,45H,26-28H2. The first kappa shape index (κ1) is 33.1. The second-order valence-corrected chi connectivity index (χ2v) is 12.0. The van der Waals surface area contributed by atoms with Crippen molar-refractivity contribution in [2.75, 3.05) is 0 Å². The molecule has 0 amide bonds. The number of hydrogen-bond donors (Lipinski definition) is 1. The van der Waals surface area contributed by atoms with E-state index >= 15 is 0 Å². The topological polar surface area (TPSA) is 117 Å². The average molecular weight is 679 g/mol. The van der Waals surface area contributed by atoms with Gasteiger partial charge in [-0.05, 0) is 12.0 Å². The molecule has 2 heterocycles. The molecule has 0 aliphatic heterocycles. The van der Waals surface area contributed by atoms with E-state index in [1.54, 1.807) is 24.3 Å². The molecule has 0 fully saturated rings. The summed E-state index contributed by atoms with van der Waals surface area (Å²) in [5.41, 5.74) is 4.23. The van der Waals surface area contributed by atoms with E-state index in [1.165, 1.54) is 9.13 Å². The Hall–Kier alpha value is -6.45. The lowest BCUT2D eigenvalue weighted by Gasteiger charge is -2.24. The highest BCUT2D eigenvalue weighted by Crippen LogP contribution is 2.36. The van der Waals surface area contributed by atoms with Crippen LogP contribution in [0.1, 0.15) is 18.0 Å². The van der Waals surface area contributed by atoms with Crippen LogP contribution < -0.4 is 11.5 Å². The Labute approximate surface area is 293 Å². The SMILES string of the molecule is O=C(OCc1ccccc1)C(C(O)CCn1c(-c2ccccc2)c(-c2ccccc2)oc1=O)n1c(-c2ccccc2)c(-c2ccccc2)oc1=O. The van der Waals surface area contributed by atoms with Crippen molar-refractivity contribution >= 4 is 5.97 Å². The van der Waals surface area contributed by atoms with Crippen molar-refractivity contribution < 1.29 is 23.5 Å². The van der Waals surface area contributed by atoms with Crippen LogP contribution in [0.2, 0.25) is 0 Å². The van der Waals surface area contributed by atoms with Gasteiger partial charge in [-0.15, -0.1) is 0 Å². The van der Waals surface area contributed by atoms with Crippen LogP contribution in [0.15, 0.2) is 170 Å². The van der Waals surface area contributed by atoms with E-state index in [9.17, 15) is 19.5 Å². The van der Waals surface area contributed by atoms with Crippen LogP contribution in [-0.2, 0) is 22.7 Å². The maximum atomic E-state index is 14.1. The Morgan fingerprint density at radius 1 is 0.588 bits per heavy atom. The van der Waals surface area contributed by atoms with Crippen LogP contribution in [0.3, 0.4) is 0 Å². The number of nitrogens with zero attached hydrogens (tertiary/aromatic N) is 2. The summed E-state index contributed by atoms with van der Waals surface area (Å²) in [6, 6.07) is 44.4. The highest BCUT2D eigenvalue weighted by Gasteiger charge is 2.37. The van der Waals surface area contributed by atoms with Gasteiger partial charge in [-0.3, -0.25) is 9.13 Å². The molecule has 5 aromatic carbocycles. The second-order valence-electron chi connectivity index (χ2n) is 12.0. The van der Waals surface area contributed by atoms with Crippen LogP contribution in [-0.4, -0.2) is 26.3 Å². The molecule has 1 N–H and O–H groups in total.